The van der Waals surface area contributed by atoms with E-state index in [9.17, 15) is 18.4 Å². The molecule has 4 heterocycles. The van der Waals surface area contributed by atoms with Gasteiger partial charge in [0.15, 0.2) is 10.8 Å². The van der Waals surface area contributed by atoms with Gasteiger partial charge >= 0.3 is 12.5 Å². The normalized spacial score (nSPS) is 18.5. The van der Waals surface area contributed by atoms with Gasteiger partial charge in [-0.05, 0) is 6.07 Å². The molecule has 0 radical (unpaired) electrons. The summed E-state index contributed by atoms with van der Waals surface area (Å²) in [6, 6.07) is 1.52. The number of fused-ring (bicyclic) bond motifs is 1. The molecule has 30 heavy (non-hydrogen) atoms. The number of alkyl halides is 2. The number of amidine groups is 1. The Bertz CT molecular complexity index is 1020. The van der Waals surface area contributed by atoms with Crippen molar-refractivity contribution in [3.05, 3.63) is 40.2 Å². The van der Waals surface area contributed by atoms with Crippen molar-refractivity contribution in [3.8, 4) is 0 Å². The summed E-state index contributed by atoms with van der Waals surface area (Å²) in [7, 11) is 1.25. The topological polar surface area (TPSA) is 102 Å². The molecule has 12 heteroatoms. The Morgan fingerprint density at radius 2 is 2.27 bits per heavy atom. The van der Waals surface area contributed by atoms with Gasteiger partial charge in [0.25, 0.3) is 0 Å². The standard InChI is InChI=1S/C18H18F2N6O3S/c1-29-14(27)8-23-16(28)10-6-13-11(12-2-4-26(24-12)18(19)20)7-22-15(25(13)9-10)17-21-3-5-30-17/h2-5,10,18H,6-9H2,1H3,(H,23,28). The highest BCUT2D eigenvalue weighted by atomic mass is 32.1. The zero-order valence-corrected chi connectivity index (χ0v) is 16.7. The van der Waals surface area contributed by atoms with E-state index < -0.39 is 18.4 Å². The van der Waals surface area contributed by atoms with Crippen LogP contribution in [-0.4, -0.2) is 64.1 Å². The van der Waals surface area contributed by atoms with Gasteiger partial charge < -0.3 is 15.0 Å². The van der Waals surface area contributed by atoms with Crippen LogP contribution in [0.1, 0.15) is 23.7 Å². The fourth-order valence-electron chi connectivity index (χ4n) is 3.47. The van der Waals surface area contributed by atoms with Gasteiger partial charge in [-0.25, -0.2) is 9.67 Å². The molecule has 0 bridgehead atoms. The van der Waals surface area contributed by atoms with E-state index in [1.165, 1.54) is 30.7 Å². The summed E-state index contributed by atoms with van der Waals surface area (Å²) < 4.78 is 31.1. The summed E-state index contributed by atoms with van der Waals surface area (Å²) in [5, 5.41) is 9.07. The van der Waals surface area contributed by atoms with E-state index in [0.29, 0.717) is 39.8 Å². The van der Waals surface area contributed by atoms with Crippen molar-refractivity contribution in [2.45, 2.75) is 13.0 Å². The first-order chi connectivity index (χ1) is 14.5. The maximum Gasteiger partial charge on any atom is 0.333 e. The molecule has 1 unspecified atom stereocenters. The second-order valence-electron chi connectivity index (χ2n) is 6.67. The highest BCUT2D eigenvalue weighted by molar-refractivity contribution is 7.11. The number of esters is 1. The third-order valence-corrected chi connectivity index (χ3v) is 5.68. The van der Waals surface area contributed by atoms with Crippen LogP contribution in [0.4, 0.5) is 8.78 Å². The van der Waals surface area contributed by atoms with Gasteiger partial charge in [-0.3, -0.25) is 14.6 Å². The minimum Gasteiger partial charge on any atom is -0.468 e. The molecule has 2 aliphatic rings. The molecule has 9 nitrogen and oxygen atoms in total. The molecule has 0 saturated carbocycles. The fraction of sp³-hybridized carbons (Fsp3) is 0.389. The molecule has 0 spiro atoms. The summed E-state index contributed by atoms with van der Waals surface area (Å²) in [4.78, 5) is 34.7. The predicted octanol–water partition coefficient (Wildman–Crippen LogP) is 1.52. The first kappa shape index (κ1) is 20.1. The lowest BCUT2D eigenvalue weighted by molar-refractivity contribution is -0.141. The second kappa shape index (κ2) is 8.30. The third-order valence-electron chi connectivity index (χ3n) is 4.91. The second-order valence-corrected chi connectivity index (χ2v) is 7.56. The summed E-state index contributed by atoms with van der Waals surface area (Å²) in [5.41, 5.74) is 1.89. The van der Waals surface area contributed by atoms with Gasteiger partial charge in [-0.1, -0.05) is 0 Å². The number of methoxy groups -OCH3 is 1. The Hall–Kier alpha value is -3.15. The van der Waals surface area contributed by atoms with Gasteiger partial charge in [-0.2, -0.15) is 13.9 Å². The monoisotopic (exact) mass is 436 g/mol. The first-order valence-electron chi connectivity index (χ1n) is 9.10. The number of carbonyl (C=O) groups excluding carboxylic acids is 2. The van der Waals surface area contributed by atoms with Crippen molar-refractivity contribution in [1.29, 1.82) is 0 Å². The van der Waals surface area contributed by atoms with Crippen LogP contribution >= 0.6 is 11.3 Å². The van der Waals surface area contributed by atoms with Gasteiger partial charge in [0.2, 0.25) is 5.91 Å². The Morgan fingerprint density at radius 1 is 1.43 bits per heavy atom. The number of ether oxygens (including phenoxy) is 1. The number of hydrogen-bond donors (Lipinski definition) is 1. The summed E-state index contributed by atoms with van der Waals surface area (Å²) in [5.74, 6) is -0.639. The van der Waals surface area contributed by atoms with E-state index in [4.69, 9.17) is 0 Å². The molecule has 4 rings (SSSR count). The zero-order chi connectivity index (χ0) is 21.3. The molecule has 0 aromatic carbocycles. The molecule has 1 fully saturated rings. The minimum atomic E-state index is -2.74. The average molecular weight is 436 g/mol. The number of allylic oxidation sites excluding steroid dienone is 1. The Morgan fingerprint density at radius 3 is 2.93 bits per heavy atom. The van der Waals surface area contributed by atoms with Crippen LogP contribution in [0.25, 0.3) is 5.57 Å². The number of nitrogens with one attached hydrogen (secondary N) is 1. The van der Waals surface area contributed by atoms with E-state index in [2.05, 4.69) is 25.1 Å². The predicted molar refractivity (Wildman–Crippen MR) is 104 cm³/mol. The van der Waals surface area contributed by atoms with Gasteiger partial charge in [-0.15, -0.1) is 11.3 Å². The SMILES string of the molecule is COC(=O)CNC(=O)C1CC2=C(c3ccn(C(F)F)n3)CN=C(c3nccs3)N2C1. The summed E-state index contributed by atoms with van der Waals surface area (Å²) >= 11 is 1.42. The van der Waals surface area contributed by atoms with E-state index in [0.717, 1.165) is 5.70 Å². The lowest BCUT2D eigenvalue weighted by atomic mass is 10.0. The number of nitrogens with zero attached hydrogens (tertiary/aromatic N) is 5. The van der Waals surface area contributed by atoms with E-state index in [1.807, 2.05) is 10.3 Å². The van der Waals surface area contributed by atoms with Crippen LogP contribution in [0.5, 0.6) is 0 Å². The molecule has 2 aromatic heterocycles. The van der Waals surface area contributed by atoms with Crippen molar-refractivity contribution >= 4 is 34.6 Å². The van der Waals surface area contributed by atoms with Crippen molar-refractivity contribution in [3.63, 3.8) is 0 Å². The third kappa shape index (κ3) is 3.82. The number of carbonyl (C=O) groups is 2. The Kier molecular flexibility index (Phi) is 5.57. The van der Waals surface area contributed by atoms with Crippen LogP contribution in [0.2, 0.25) is 0 Å². The van der Waals surface area contributed by atoms with Gasteiger partial charge in [0, 0.05) is 42.0 Å². The number of thiazole rings is 1. The average Bonchev–Trinajstić information content (AvgIpc) is 3.50. The van der Waals surface area contributed by atoms with E-state index >= 15 is 0 Å². The number of amides is 1. The number of halogens is 2. The molecule has 1 amide bonds. The zero-order valence-electron chi connectivity index (χ0n) is 15.9. The summed E-state index contributed by atoms with van der Waals surface area (Å²) in [6.45, 7) is -2.37. The van der Waals surface area contributed by atoms with Crippen LogP contribution in [0, 0.1) is 5.92 Å². The van der Waals surface area contributed by atoms with Crippen LogP contribution < -0.4 is 5.32 Å². The molecule has 1 saturated heterocycles. The number of hydrogen-bond acceptors (Lipinski definition) is 8. The Balaban J connectivity index is 1.63. The molecule has 1 atom stereocenters. The minimum absolute atomic E-state index is 0.218. The first-order valence-corrected chi connectivity index (χ1v) is 9.98. The molecule has 0 aliphatic carbocycles. The maximum absolute atomic E-state index is 13.0. The molecular formula is C18H18F2N6O3S. The van der Waals surface area contributed by atoms with Crippen molar-refractivity contribution < 1.29 is 23.1 Å². The lowest BCUT2D eigenvalue weighted by Crippen LogP contribution is -2.37. The van der Waals surface area contributed by atoms with Crippen molar-refractivity contribution in [2.24, 2.45) is 10.9 Å². The molecule has 1 N–H and O–H groups in total. The highest BCUT2D eigenvalue weighted by Gasteiger charge is 2.39. The molecular weight excluding hydrogens is 418 g/mol. The maximum atomic E-state index is 13.0. The van der Waals surface area contributed by atoms with Crippen molar-refractivity contribution in [2.75, 3.05) is 26.7 Å². The quantitative estimate of drug-likeness (QED) is 0.689. The smallest absolute Gasteiger partial charge is 0.333 e. The number of rotatable bonds is 6. The number of aliphatic imine (C=N–C) groups is 1. The largest absolute Gasteiger partial charge is 0.468 e. The van der Waals surface area contributed by atoms with E-state index in [-0.39, 0.29) is 19.0 Å². The van der Waals surface area contributed by atoms with Crippen LogP contribution in [-0.2, 0) is 14.3 Å². The van der Waals surface area contributed by atoms with Crippen molar-refractivity contribution in [1.82, 2.24) is 25.0 Å². The highest BCUT2D eigenvalue weighted by Crippen LogP contribution is 2.37. The van der Waals surface area contributed by atoms with Crippen LogP contribution in [0.3, 0.4) is 0 Å². The summed E-state index contributed by atoms with van der Waals surface area (Å²) in [6.07, 6.45) is 3.25. The number of aromatic nitrogens is 3. The lowest BCUT2D eigenvalue weighted by Gasteiger charge is -2.27. The molecule has 2 aliphatic heterocycles. The van der Waals surface area contributed by atoms with Crippen LogP contribution in [0.15, 0.2) is 34.5 Å². The van der Waals surface area contributed by atoms with E-state index in [1.54, 1.807) is 6.20 Å². The Labute approximate surface area is 174 Å². The molecule has 2 aromatic rings. The van der Waals surface area contributed by atoms with Gasteiger partial charge in [0.1, 0.15) is 6.54 Å². The van der Waals surface area contributed by atoms with Gasteiger partial charge in [0.05, 0.1) is 25.3 Å². The fourth-order valence-corrected chi connectivity index (χ4v) is 4.13. The molecule has 158 valence electrons.